The Morgan fingerprint density at radius 1 is 1.24 bits per heavy atom. The first kappa shape index (κ1) is 15.8. The molecule has 96 valence electrons. The molecule has 0 aliphatic heterocycles. The van der Waals surface area contributed by atoms with E-state index >= 15 is 0 Å². The zero-order valence-corrected chi connectivity index (χ0v) is 11.1. The van der Waals surface area contributed by atoms with E-state index in [1.54, 1.807) is 6.08 Å². The molecule has 17 heavy (non-hydrogen) atoms. The van der Waals surface area contributed by atoms with Crippen LogP contribution < -0.4 is 0 Å². The van der Waals surface area contributed by atoms with Crippen LogP contribution in [0.2, 0.25) is 0 Å². The van der Waals surface area contributed by atoms with E-state index in [-0.39, 0.29) is 12.6 Å². The third kappa shape index (κ3) is 11.0. The summed E-state index contributed by atoms with van der Waals surface area (Å²) in [6.45, 7) is 4.23. The average molecular weight is 236 g/mol. The van der Waals surface area contributed by atoms with E-state index in [4.69, 9.17) is 11.2 Å². The van der Waals surface area contributed by atoms with Crippen molar-refractivity contribution in [3.63, 3.8) is 0 Å². The molecule has 0 saturated carbocycles. The number of hydrogen-bond acceptors (Lipinski definition) is 2. The molecule has 0 heterocycles. The second kappa shape index (κ2) is 11.3. The van der Waals surface area contributed by atoms with Crippen LogP contribution in [-0.2, 0) is 9.53 Å². The first-order chi connectivity index (χ1) is 8.20. The van der Waals surface area contributed by atoms with Crippen LogP contribution in [-0.4, -0.2) is 12.6 Å². The number of carbonyl (C=O) groups excluding carboxylic acids is 1. The van der Waals surface area contributed by atoms with Gasteiger partial charge in [0.1, 0.15) is 0 Å². The Labute approximate surface area is 105 Å². The minimum absolute atomic E-state index is 0.0552. The Kier molecular flexibility index (Phi) is 10.4. The van der Waals surface area contributed by atoms with Gasteiger partial charge in [0.25, 0.3) is 0 Å². The monoisotopic (exact) mass is 236 g/mol. The first-order valence-electron chi connectivity index (χ1n) is 6.48. The molecule has 0 aromatic carbocycles. The van der Waals surface area contributed by atoms with Crippen molar-refractivity contribution in [2.75, 3.05) is 6.61 Å². The smallest absolute Gasteiger partial charge is 0.331 e. The summed E-state index contributed by atoms with van der Waals surface area (Å²) in [4.78, 5) is 11.2. The Morgan fingerprint density at radius 3 is 2.53 bits per heavy atom. The third-order valence-corrected chi connectivity index (χ3v) is 2.59. The van der Waals surface area contributed by atoms with E-state index in [0.29, 0.717) is 0 Å². The maximum absolute atomic E-state index is 11.2. The Morgan fingerprint density at radius 2 is 1.88 bits per heavy atom. The molecule has 0 aliphatic carbocycles. The molecule has 0 aliphatic rings. The van der Waals surface area contributed by atoms with Gasteiger partial charge in [-0.2, -0.15) is 0 Å². The van der Waals surface area contributed by atoms with Gasteiger partial charge < -0.3 is 4.74 Å². The van der Waals surface area contributed by atoms with E-state index in [9.17, 15) is 4.79 Å². The minimum atomic E-state index is -0.327. The SMILES string of the molecule is C#CCOC(=O)C=C(C)CCCCCCCC. The highest BCUT2D eigenvalue weighted by Crippen LogP contribution is 2.11. The Bertz CT molecular complexity index is 271. The van der Waals surface area contributed by atoms with Crippen molar-refractivity contribution in [1.82, 2.24) is 0 Å². The number of unbranched alkanes of at least 4 members (excludes halogenated alkanes) is 5. The van der Waals surface area contributed by atoms with Gasteiger partial charge in [0, 0.05) is 6.08 Å². The lowest BCUT2D eigenvalue weighted by atomic mass is 10.1. The van der Waals surface area contributed by atoms with Gasteiger partial charge in [0.2, 0.25) is 0 Å². The minimum Gasteiger partial charge on any atom is -0.449 e. The Balaban J connectivity index is 3.57. The first-order valence-corrected chi connectivity index (χ1v) is 6.48. The summed E-state index contributed by atoms with van der Waals surface area (Å²) in [5.41, 5.74) is 1.07. The summed E-state index contributed by atoms with van der Waals surface area (Å²) >= 11 is 0. The number of hydrogen-bond donors (Lipinski definition) is 0. The lowest BCUT2D eigenvalue weighted by molar-refractivity contribution is -0.136. The predicted molar refractivity (Wildman–Crippen MR) is 71.5 cm³/mol. The molecule has 0 rings (SSSR count). The van der Waals surface area contributed by atoms with Crippen molar-refractivity contribution in [2.24, 2.45) is 0 Å². The van der Waals surface area contributed by atoms with Gasteiger partial charge in [-0.3, -0.25) is 0 Å². The molecule has 0 aromatic rings. The molecule has 0 bridgehead atoms. The van der Waals surface area contributed by atoms with Gasteiger partial charge in [0.05, 0.1) is 0 Å². The van der Waals surface area contributed by atoms with E-state index < -0.39 is 0 Å². The largest absolute Gasteiger partial charge is 0.449 e. The maximum atomic E-state index is 11.2. The average Bonchev–Trinajstić information content (AvgIpc) is 2.31. The molecule has 0 atom stereocenters. The zero-order chi connectivity index (χ0) is 12.9. The number of carbonyl (C=O) groups is 1. The number of esters is 1. The fourth-order valence-electron chi connectivity index (χ4n) is 1.61. The number of ether oxygens (including phenoxy) is 1. The van der Waals surface area contributed by atoms with Gasteiger partial charge in [-0.15, -0.1) is 6.42 Å². The van der Waals surface area contributed by atoms with Crippen molar-refractivity contribution in [2.45, 2.75) is 58.8 Å². The van der Waals surface area contributed by atoms with Crippen LogP contribution in [0.5, 0.6) is 0 Å². The van der Waals surface area contributed by atoms with Crippen molar-refractivity contribution < 1.29 is 9.53 Å². The molecule has 0 aromatic heterocycles. The normalized spacial score (nSPS) is 11.0. The van der Waals surface area contributed by atoms with Gasteiger partial charge in [0.15, 0.2) is 6.61 Å². The fourth-order valence-corrected chi connectivity index (χ4v) is 1.61. The number of allylic oxidation sites excluding steroid dienone is 1. The second-order valence-corrected chi connectivity index (χ2v) is 4.32. The van der Waals surface area contributed by atoms with Gasteiger partial charge in [-0.05, 0) is 19.8 Å². The molecule has 0 spiro atoms. The molecule has 0 unspecified atom stereocenters. The van der Waals surface area contributed by atoms with Gasteiger partial charge in [-0.1, -0.05) is 50.5 Å². The van der Waals surface area contributed by atoms with Crippen LogP contribution in [0.15, 0.2) is 11.6 Å². The van der Waals surface area contributed by atoms with Gasteiger partial charge in [-0.25, -0.2) is 4.79 Å². The quantitative estimate of drug-likeness (QED) is 0.263. The van der Waals surface area contributed by atoms with Crippen LogP contribution in [0.25, 0.3) is 0 Å². The summed E-state index contributed by atoms with van der Waals surface area (Å²) in [5.74, 6) is 1.94. The van der Waals surface area contributed by atoms with Crippen molar-refractivity contribution in [1.29, 1.82) is 0 Å². The van der Waals surface area contributed by atoms with Crippen molar-refractivity contribution >= 4 is 5.97 Å². The molecular weight excluding hydrogens is 212 g/mol. The highest BCUT2D eigenvalue weighted by molar-refractivity contribution is 5.82. The van der Waals surface area contributed by atoms with Crippen LogP contribution in [0.1, 0.15) is 58.8 Å². The van der Waals surface area contributed by atoms with Crippen molar-refractivity contribution in [3.8, 4) is 12.3 Å². The molecule has 0 amide bonds. The topological polar surface area (TPSA) is 26.3 Å². The van der Waals surface area contributed by atoms with E-state index in [1.807, 2.05) is 6.92 Å². The van der Waals surface area contributed by atoms with Gasteiger partial charge >= 0.3 is 5.97 Å². The molecule has 0 radical (unpaired) electrons. The third-order valence-electron chi connectivity index (χ3n) is 2.59. The number of terminal acetylenes is 1. The standard InChI is InChI=1S/C15H24O2/c1-4-6-7-8-9-10-11-14(3)13-15(16)17-12-5-2/h2,13H,4,6-12H2,1,3H3. The lowest BCUT2D eigenvalue weighted by Crippen LogP contribution is -2.01. The summed E-state index contributed by atoms with van der Waals surface area (Å²) in [5, 5.41) is 0. The molecule has 2 heteroatoms. The lowest BCUT2D eigenvalue weighted by Gasteiger charge is -2.02. The molecule has 2 nitrogen and oxygen atoms in total. The second-order valence-electron chi connectivity index (χ2n) is 4.32. The maximum Gasteiger partial charge on any atom is 0.331 e. The van der Waals surface area contributed by atoms with Crippen LogP contribution in [0.4, 0.5) is 0 Å². The summed E-state index contributed by atoms with van der Waals surface area (Å²) < 4.78 is 4.77. The molecule has 0 saturated heterocycles. The predicted octanol–water partition coefficient (Wildman–Crippen LogP) is 3.86. The van der Waals surface area contributed by atoms with E-state index in [1.165, 1.54) is 32.1 Å². The van der Waals surface area contributed by atoms with Crippen molar-refractivity contribution in [3.05, 3.63) is 11.6 Å². The van der Waals surface area contributed by atoms with E-state index in [2.05, 4.69) is 12.8 Å². The number of rotatable bonds is 9. The molecule has 0 N–H and O–H groups in total. The summed E-state index contributed by atoms with van der Waals surface area (Å²) in [7, 11) is 0. The Hall–Kier alpha value is -1.23. The fraction of sp³-hybridized carbons (Fsp3) is 0.667. The van der Waals surface area contributed by atoms with Crippen LogP contribution in [0.3, 0.4) is 0 Å². The molecular formula is C15H24O2. The van der Waals surface area contributed by atoms with Crippen LogP contribution >= 0.6 is 0 Å². The highest BCUT2D eigenvalue weighted by Gasteiger charge is 1.98. The highest BCUT2D eigenvalue weighted by atomic mass is 16.5. The van der Waals surface area contributed by atoms with Crippen LogP contribution in [0, 0.1) is 12.3 Å². The zero-order valence-electron chi connectivity index (χ0n) is 11.1. The van der Waals surface area contributed by atoms with E-state index in [0.717, 1.165) is 18.4 Å². The molecule has 0 fully saturated rings. The summed E-state index contributed by atoms with van der Waals surface area (Å²) in [6, 6.07) is 0. The summed E-state index contributed by atoms with van der Waals surface area (Å²) in [6.07, 6.45) is 15.1.